The molecule has 0 unspecified atom stereocenters. The van der Waals surface area contributed by atoms with Crippen LogP contribution in [0.25, 0.3) is 0 Å². The second-order valence-electron chi connectivity index (χ2n) is 7.16. The third-order valence-corrected chi connectivity index (χ3v) is 5.62. The van der Waals surface area contributed by atoms with Crippen LogP contribution in [0, 0.1) is 0 Å². The predicted octanol–water partition coefficient (Wildman–Crippen LogP) is 2.95. The molecule has 0 saturated carbocycles. The monoisotopic (exact) mass is 383 g/mol. The van der Waals surface area contributed by atoms with Gasteiger partial charge in [0.2, 0.25) is 19.3 Å². The lowest BCUT2D eigenvalue weighted by atomic mass is 9.87. The van der Waals surface area contributed by atoms with Crippen LogP contribution in [0.15, 0.2) is 24.3 Å². The highest BCUT2D eigenvalue weighted by Gasteiger charge is 2.35. The zero-order chi connectivity index (χ0) is 19.3. The average Bonchev–Trinajstić information content (AvgIpc) is 3.36. The number of carbonyl (C=O) groups excluding carboxylic acids is 1. The first kappa shape index (κ1) is 17.2. The van der Waals surface area contributed by atoms with Gasteiger partial charge >= 0.3 is 0 Å². The number of ether oxygens (including phenoxy) is 5. The smallest absolute Gasteiger partial charge is 0.231 e. The van der Waals surface area contributed by atoms with Gasteiger partial charge in [-0.1, -0.05) is 0 Å². The van der Waals surface area contributed by atoms with Crippen molar-refractivity contribution in [3.63, 3.8) is 0 Å². The predicted molar refractivity (Wildman–Crippen MR) is 99.7 cm³/mol. The second-order valence-corrected chi connectivity index (χ2v) is 7.16. The fourth-order valence-corrected chi connectivity index (χ4v) is 4.15. The van der Waals surface area contributed by atoms with Crippen LogP contribution in [0.1, 0.15) is 33.9 Å². The van der Waals surface area contributed by atoms with Gasteiger partial charge in [0, 0.05) is 30.1 Å². The fraction of sp³-hybridized carbons (Fsp3) is 0.381. The van der Waals surface area contributed by atoms with Gasteiger partial charge in [-0.25, -0.2) is 0 Å². The van der Waals surface area contributed by atoms with Crippen molar-refractivity contribution < 1.29 is 28.5 Å². The molecule has 0 fully saturated rings. The maximum absolute atomic E-state index is 13.1. The van der Waals surface area contributed by atoms with Crippen LogP contribution < -0.4 is 23.7 Å². The molecule has 7 nitrogen and oxygen atoms in total. The Morgan fingerprint density at radius 2 is 1.89 bits per heavy atom. The van der Waals surface area contributed by atoms with Crippen molar-refractivity contribution in [3.8, 4) is 28.7 Å². The number of fused-ring (bicyclic) bond motifs is 3. The Hall–Kier alpha value is -2.93. The minimum atomic E-state index is -0.105. The second kappa shape index (κ2) is 6.60. The first-order chi connectivity index (χ1) is 13.7. The van der Waals surface area contributed by atoms with Crippen LogP contribution >= 0.6 is 0 Å². The minimum absolute atomic E-state index is 0.0442. The van der Waals surface area contributed by atoms with Gasteiger partial charge in [-0.3, -0.25) is 9.69 Å². The van der Waals surface area contributed by atoms with E-state index in [1.807, 2.05) is 13.1 Å². The van der Waals surface area contributed by atoms with Crippen LogP contribution in [0.2, 0.25) is 0 Å². The molecule has 0 saturated heterocycles. The molecule has 0 N–H and O–H groups in total. The van der Waals surface area contributed by atoms with E-state index in [2.05, 4.69) is 4.90 Å². The van der Waals surface area contributed by atoms with Crippen LogP contribution in [0.5, 0.6) is 28.7 Å². The molecule has 2 aromatic rings. The average molecular weight is 383 g/mol. The van der Waals surface area contributed by atoms with Gasteiger partial charge < -0.3 is 23.7 Å². The summed E-state index contributed by atoms with van der Waals surface area (Å²) in [7, 11) is 3.66. The highest BCUT2D eigenvalue weighted by molar-refractivity contribution is 5.97. The number of benzene rings is 2. The number of hydrogen-bond acceptors (Lipinski definition) is 7. The van der Waals surface area contributed by atoms with Gasteiger partial charge in [0.1, 0.15) is 0 Å². The van der Waals surface area contributed by atoms with Crippen molar-refractivity contribution in [2.75, 3.05) is 34.3 Å². The van der Waals surface area contributed by atoms with E-state index in [1.165, 1.54) is 0 Å². The Balaban J connectivity index is 1.50. The number of ketones is 1. The maximum atomic E-state index is 13.1. The standard InChI is InChI=1S/C21H21NO6/c1-22-6-5-13-8-18-20(28-11-27-18)21(24-2)19(13)14(22)9-15(23)12-3-4-16-17(7-12)26-10-25-16/h3-4,7-8,14H,5-6,9-11H2,1-2H3/t14-/m0/s1. The van der Waals surface area contributed by atoms with E-state index in [9.17, 15) is 4.79 Å². The summed E-state index contributed by atoms with van der Waals surface area (Å²) in [5, 5.41) is 0. The first-order valence-electron chi connectivity index (χ1n) is 9.28. The zero-order valence-electron chi connectivity index (χ0n) is 15.8. The van der Waals surface area contributed by atoms with Gasteiger partial charge in [0.05, 0.1) is 7.11 Å². The highest BCUT2D eigenvalue weighted by atomic mass is 16.7. The zero-order valence-corrected chi connectivity index (χ0v) is 15.8. The van der Waals surface area contributed by atoms with Crippen molar-refractivity contribution >= 4 is 5.78 Å². The number of nitrogens with zero attached hydrogens (tertiary/aromatic N) is 1. The summed E-state index contributed by atoms with van der Waals surface area (Å²) in [5.74, 6) is 3.33. The number of hydrogen-bond donors (Lipinski definition) is 0. The van der Waals surface area contributed by atoms with Crippen molar-refractivity contribution in [2.45, 2.75) is 18.9 Å². The minimum Gasteiger partial charge on any atom is -0.492 e. The van der Waals surface area contributed by atoms with E-state index < -0.39 is 0 Å². The van der Waals surface area contributed by atoms with E-state index >= 15 is 0 Å². The Morgan fingerprint density at radius 1 is 1.11 bits per heavy atom. The molecule has 3 heterocycles. The van der Waals surface area contributed by atoms with Crippen LogP contribution in [-0.2, 0) is 6.42 Å². The van der Waals surface area contributed by atoms with Gasteiger partial charge in [0.15, 0.2) is 28.8 Å². The molecule has 0 radical (unpaired) electrons. The molecule has 3 aliphatic rings. The van der Waals surface area contributed by atoms with Crippen molar-refractivity contribution in [3.05, 3.63) is 41.0 Å². The van der Waals surface area contributed by atoms with E-state index in [1.54, 1.807) is 25.3 Å². The molecule has 7 heteroatoms. The highest BCUT2D eigenvalue weighted by Crippen LogP contribution is 2.50. The molecule has 0 bridgehead atoms. The summed E-state index contributed by atoms with van der Waals surface area (Å²) < 4.78 is 27.6. The van der Waals surface area contributed by atoms with Crippen molar-refractivity contribution in [2.24, 2.45) is 0 Å². The van der Waals surface area contributed by atoms with Crippen LogP contribution in [0.3, 0.4) is 0 Å². The van der Waals surface area contributed by atoms with Crippen molar-refractivity contribution in [1.29, 1.82) is 0 Å². The molecule has 146 valence electrons. The number of carbonyl (C=O) groups is 1. The number of Topliss-reactive ketones (excluding diaryl/α,β-unsaturated/α-hetero) is 1. The number of methoxy groups -OCH3 is 1. The number of rotatable bonds is 4. The molecular formula is C21H21NO6. The van der Waals surface area contributed by atoms with E-state index in [0.717, 1.165) is 24.1 Å². The molecular weight excluding hydrogens is 362 g/mol. The SMILES string of the molecule is COc1c2c(cc3c1[C@H](CC(=O)c1ccc4c(c1)OCO4)N(C)CC3)OCO2. The number of likely N-dealkylation sites (N-methyl/N-ethyl adjacent to an activating group) is 1. The third-order valence-electron chi connectivity index (χ3n) is 5.62. The fourth-order valence-electron chi connectivity index (χ4n) is 4.15. The molecule has 28 heavy (non-hydrogen) atoms. The Morgan fingerprint density at radius 3 is 2.75 bits per heavy atom. The van der Waals surface area contributed by atoms with Gasteiger partial charge in [-0.15, -0.1) is 0 Å². The van der Waals surface area contributed by atoms with Gasteiger partial charge in [-0.05, 0) is 43.3 Å². The maximum Gasteiger partial charge on any atom is 0.231 e. The molecule has 0 aliphatic carbocycles. The van der Waals surface area contributed by atoms with Crippen LogP contribution in [-0.4, -0.2) is 45.0 Å². The lowest BCUT2D eigenvalue weighted by Crippen LogP contribution is -2.34. The molecule has 0 amide bonds. The van der Waals surface area contributed by atoms with Crippen LogP contribution in [0.4, 0.5) is 0 Å². The summed E-state index contributed by atoms with van der Waals surface area (Å²) in [6.07, 6.45) is 1.20. The Bertz CT molecular complexity index is 956. The van der Waals surface area contributed by atoms with Gasteiger partial charge in [-0.2, -0.15) is 0 Å². The molecule has 0 spiro atoms. The normalized spacial score (nSPS) is 19.4. The van der Waals surface area contributed by atoms with Gasteiger partial charge in [0.25, 0.3) is 0 Å². The van der Waals surface area contributed by atoms with Crippen molar-refractivity contribution in [1.82, 2.24) is 4.90 Å². The topological polar surface area (TPSA) is 66.5 Å². The summed E-state index contributed by atoms with van der Waals surface area (Å²) >= 11 is 0. The Labute approximate surface area is 162 Å². The lowest BCUT2D eigenvalue weighted by Gasteiger charge is -2.35. The summed E-state index contributed by atoms with van der Waals surface area (Å²) in [4.78, 5) is 15.3. The summed E-state index contributed by atoms with van der Waals surface area (Å²) in [6.45, 7) is 1.23. The molecule has 5 rings (SSSR count). The molecule has 0 aromatic heterocycles. The van der Waals surface area contributed by atoms with E-state index in [4.69, 9.17) is 23.7 Å². The Kier molecular flexibility index (Phi) is 4.05. The molecule has 2 aromatic carbocycles. The van der Waals surface area contributed by atoms with E-state index in [0.29, 0.717) is 40.7 Å². The lowest BCUT2D eigenvalue weighted by molar-refractivity contribution is 0.0925. The quantitative estimate of drug-likeness (QED) is 0.752. The summed E-state index contributed by atoms with van der Waals surface area (Å²) in [6, 6.07) is 7.24. The summed E-state index contributed by atoms with van der Waals surface area (Å²) in [5.41, 5.74) is 2.77. The first-order valence-corrected chi connectivity index (χ1v) is 9.28. The largest absolute Gasteiger partial charge is 0.492 e. The molecule has 1 atom stereocenters. The third kappa shape index (κ3) is 2.65. The van der Waals surface area contributed by atoms with E-state index in [-0.39, 0.29) is 25.4 Å². The molecule has 3 aliphatic heterocycles.